The molecule has 0 saturated carbocycles. The Labute approximate surface area is 134 Å². The summed E-state index contributed by atoms with van der Waals surface area (Å²) in [6, 6.07) is 17.0. The maximum Gasteiger partial charge on any atom is 0.410 e. The number of hydrogen-bond acceptors (Lipinski definition) is 3. The Hall–Kier alpha value is -2.20. The molecule has 0 radical (unpaired) electrons. The summed E-state index contributed by atoms with van der Waals surface area (Å²) in [5.74, 6) is 0.671. The minimum Gasteiger partial charge on any atom is -0.490 e. The van der Waals surface area contributed by atoms with Crippen LogP contribution in [0.25, 0.3) is 0 Å². The van der Waals surface area contributed by atoms with Crippen molar-refractivity contribution in [3.8, 4) is 5.75 Å². The van der Waals surface area contributed by atoms with Gasteiger partial charge in [0.1, 0.15) is 12.4 Å². The van der Waals surface area contributed by atoms with Crippen LogP contribution in [0, 0.1) is 0 Å². The van der Waals surface area contributed by atoms with Gasteiger partial charge in [0.25, 0.3) is 0 Å². The first-order valence-electron chi connectivity index (χ1n) is 7.08. The number of benzene rings is 2. The van der Waals surface area contributed by atoms with Crippen LogP contribution in [0.15, 0.2) is 54.6 Å². The number of amides is 1. The third-order valence-corrected chi connectivity index (χ3v) is 3.63. The van der Waals surface area contributed by atoms with Crippen LogP contribution in [-0.4, -0.2) is 30.2 Å². The molecule has 1 aliphatic rings. The number of carbonyl (C=O) groups is 1. The van der Waals surface area contributed by atoms with Crippen molar-refractivity contribution in [3.63, 3.8) is 0 Å². The number of carbonyl (C=O) groups excluding carboxylic acids is 1. The van der Waals surface area contributed by atoms with Gasteiger partial charge in [-0.05, 0) is 23.8 Å². The van der Waals surface area contributed by atoms with E-state index in [1.165, 1.54) is 0 Å². The molecule has 3 rings (SSSR count). The lowest BCUT2D eigenvalue weighted by Gasteiger charge is -2.13. The van der Waals surface area contributed by atoms with E-state index < -0.39 is 0 Å². The fourth-order valence-electron chi connectivity index (χ4n) is 2.34. The van der Waals surface area contributed by atoms with E-state index in [2.05, 4.69) is 0 Å². The second kappa shape index (κ2) is 6.71. The zero-order valence-corrected chi connectivity index (χ0v) is 12.7. The quantitative estimate of drug-likeness (QED) is 0.843. The summed E-state index contributed by atoms with van der Waals surface area (Å²) >= 11 is 5.90. The Bertz CT molecular complexity index is 647. The van der Waals surface area contributed by atoms with Gasteiger partial charge in [-0.25, -0.2) is 4.79 Å². The summed E-state index contributed by atoms with van der Waals surface area (Å²) in [4.78, 5) is 13.6. The topological polar surface area (TPSA) is 38.8 Å². The van der Waals surface area contributed by atoms with E-state index in [-0.39, 0.29) is 12.2 Å². The molecule has 0 aromatic heterocycles. The highest BCUT2D eigenvalue weighted by molar-refractivity contribution is 6.30. The number of nitrogens with zero attached hydrogens (tertiary/aromatic N) is 1. The summed E-state index contributed by atoms with van der Waals surface area (Å²) < 4.78 is 11.0. The Morgan fingerprint density at radius 1 is 1.18 bits per heavy atom. The fraction of sp³-hybridized carbons (Fsp3) is 0.235. The van der Waals surface area contributed by atoms with Gasteiger partial charge in [0.05, 0.1) is 6.54 Å². The molecule has 1 fully saturated rings. The predicted octanol–water partition coefficient (Wildman–Crippen LogP) is 3.74. The van der Waals surface area contributed by atoms with Crippen LogP contribution in [0.3, 0.4) is 0 Å². The van der Waals surface area contributed by atoms with Gasteiger partial charge in [0, 0.05) is 11.6 Å². The van der Waals surface area contributed by atoms with Gasteiger partial charge in [-0.1, -0.05) is 48.0 Å². The monoisotopic (exact) mass is 317 g/mol. The van der Waals surface area contributed by atoms with Crippen molar-refractivity contribution in [1.29, 1.82) is 0 Å². The van der Waals surface area contributed by atoms with E-state index in [1.54, 1.807) is 17.0 Å². The number of halogens is 1. The average molecular weight is 318 g/mol. The third kappa shape index (κ3) is 3.71. The van der Waals surface area contributed by atoms with Crippen LogP contribution in [0.1, 0.15) is 5.56 Å². The fourth-order valence-corrected chi connectivity index (χ4v) is 2.52. The standard InChI is InChI=1S/C17H16ClNO3/c18-14-7-4-8-15(9-14)21-12-16-11-19(17(20)22-16)10-13-5-2-1-3-6-13/h1-9,16H,10-12H2/t16-/m0/s1. The molecule has 2 aromatic carbocycles. The zero-order valence-electron chi connectivity index (χ0n) is 11.9. The molecular formula is C17H16ClNO3. The molecular weight excluding hydrogens is 302 g/mol. The summed E-state index contributed by atoms with van der Waals surface area (Å²) in [5.41, 5.74) is 1.08. The average Bonchev–Trinajstić information content (AvgIpc) is 2.87. The Morgan fingerprint density at radius 2 is 2.00 bits per heavy atom. The van der Waals surface area contributed by atoms with Crippen LogP contribution >= 0.6 is 11.6 Å². The summed E-state index contributed by atoms with van der Waals surface area (Å²) in [6.45, 7) is 1.39. The zero-order chi connectivity index (χ0) is 15.4. The second-order valence-electron chi connectivity index (χ2n) is 5.14. The van der Waals surface area contributed by atoms with Crippen molar-refractivity contribution in [2.24, 2.45) is 0 Å². The summed E-state index contributed by atoms with van der Waals surface area (Å²) in [5, 5.41) is 0.617. The molecule has 4 nitrogen and oxygen atoms in total. The second-order valence-corrected chi connectivity index (χ2v) is 5.58. The molecule has 0 bridgehead atoms. The van der Waals surface area contributed by atoms with Gasteiger partial charge < -0.3 is 14.4 Å². The molecule has 0 unspecified atom stereocenters. The maximum absolute atomic E-state index is 11.9. The molecule has 1 heterocycles. The Kier molecular flexibility index (Phi) is 4.49. The van der Waals surface area contributed by atoms with Crippen molar-refractivity contribution < 1.29 is 14.3 Å². The minimum atomic E-state index is -0.302. The number of ether oxygens (including phenoxy) is 2. The molecule has 114 valence electrons. The van der Waals surface area contributed by atoms with Crippen LogP contribution < -0.4 is 4.74 Å². The molecule has 1 atom stereocenters. The van der Waals surface area contributed by atoms with Gasteiger partial charge >= 0.3 is 6.09 Å². The van der Waals surface area contributed by atoms with E-state index in [9.17, 15) is 4.79 Å². The van der Waals surface area contributed by atoms with Crippen molar-refractivity contribution >= 4 is 17.7 Å². The highest BCUT2D eigenvalue weighted by Crippen LogP contribution is 2.19. The number of rotatable bonds is 5. The first-order valence-corrected chi connectivity index (χ1v) is 7.46. The summed E-state index contributed by atoms with van der Waals surface area (Å²) in [7, 11) is 0. The minimum absolute atomic E-state index is 0.268. The van der Waals surface area contributed by atoms with Crippen molar-refractivity contribution in [1.82, 2.24) is 4.90 Å². The molecule has 0 spiro atoms. The van der Waals surface area contributed by atoms with Gasteiger partial charge in [-0.3, -0.25) is 0 Å². The van der Waals surface area contributed by atoms with Gasteiger partial charge in [0.2, 0.25) is 0 Å². The van der Waals surface area contributed by atoms with E-state index in [0.29, 0.717) is 30.5 Å². The highest BCUT2D eigenvalue weighted by atomic mass is 35.5. The molecule has 0 aliphatic carbocycles. The molecule has 22 heavy (non-hydrogen) atoms. The van der Waals surface area contributed by atoms with E-state index in [4.69, 9.17) is 21.1 Å². The molecule has 5 heteroatoms. The van der Waals surface area contributed by atoms with Gasteiger partial charge in [-0.2, -0.15) is 0 Å². The van der Waals surface area contributed by atoms with Crippen molar-refractivity contribution in [2.45, 2.75) is 12.6 Å². The molecule has 1 aliphatic heterocycles. The van der Waals surface area contributed by atoms with Gasteiger partial charge in [0.15, 0.2) is 6.10 Å². The predicted molar refractivity (Wildman–Crippen MR) is 84.1 cm³/mol. The van der Waals surface area contributed by atoms with Crippen LogP contribution in [0.4, 0.5) is 4.79 Å². The van der Waals surface area contributed by atoms with E-state index >= 15 is 0 Å². The first-order chi connectivity index (χ1) is 10.7. The lowest BCUT2D eigenvalue weighted by Crippen LogP contribution is -2.26. The maximum atomic E-state index is 11.9. The van der Waals surface area contributed by atoms with Crippen molar-refractivity contribution in [2.75, 3.05) is 13.2 Å². The van der Waals surface area contributed by atoms with Crippen LogP contribution in [-0.2, 0) is 11.3 Å². The smallest absolute Gasteiger partial charge is 0.410 e. The molecule has 0 N–H and O–H groups in total. The Balaban J connectivity index is 1.53. The molecule has 2 aromatic rings. The van der Waals surface area contributed by atoms with E-state index in [0.717, 1.165) is 5.56 Å². The first kappa shape index (κ1) is 14.7. The Morgan fingerprint density at radius 3 is 2.77 bits per heavy atom. The van der Waals surface area contributed by atoms with Crippen LogP contribution in [0.5, 0.6) is 5.75 Å². The molecule has 1 saturated heterocycles. The van der Waals surface area contributed by atoms with Gasteiger partial charge in [-0.15, -0.1) is 0 Å². The normalized spacial score (nSPS) is 17.4. The van der Waals surface area contributed by atoms with Crippen molar-refractivity contribution in [3.05, 3.63) is 65.2 Å². The van der Waals surface area contributed by atoms with E-state index in [1.807, 2.05) is 42.5 Å². The number of hydrogen-bond donors (Lipinski definition) is 0. The number of cyclic esters (lactones) is 1. The summed E-state index contributed by atoms with van der Waals surface area (Å²) in [6.07, 6.45) is -0.571. The lowest BCUT2D eigenvalue weighted by atomic mass is 10.2. The third-order valence-electron chi connectivity index (χ3n) is 3.40. The van der Waals surface area contributed by atoms with Crippen LogP contribution in [0.2, 0.25) is 5.02 Å². The SMILES string of the molecule is O=C1O[C@H](COc2cccc(Cl)c2)CN1Cc1ccccc1. The lowest BCUT2D eigenvalue weighted by molar-refractivity contribution is 0.102. The largest absolute Gasteiger partial charge is 0.490 e. The highest BCUT2D eigenvalue weighted by Gasteiger charge is 2.31. The molecule has 1 amide bonds.